The van der Waals surface area contributed by atoms with Crippen LogP contribution in [0.3, 0.4) is 0 Å². The zero-order valence-electron chi connectivity index (χ0n) is 44.6. The molecule has 70 heavy (non-hydrogen) atoms. The van der Waals surface area contributed by atoms with Crippen LogP contribution in [0.2, 0.25) is 0 Å². The van der Waals surface area contributed by atoms with Crippen LogP contribution in [0.1, 0.15) is 219 Å². The van der Waals surface area contributed by atoms with Gasteiger partial charge in [0, 0.05) is 13.1 Å². The summed E-state index contributed by atoms with van der Waals surface area (Å²) in [5.74, 6) is -1.89. The van der Waals surface area contributed by atoms with Crippen LogP contribution in [-0.2, 0) is 28.5 Å². The van der Waals surface area contributed by atoms with Crippen LogP contribution in [0.4, 0.5) is 9.59 Å². The van der Waals surface area contributed by atoms with Crippen molar-refractivity contribution in [2.45, 2.75) is 232 Å². The number of ether oxygens (including phenoxy) is 4. The number of nitrogens with zero attached hydrogens (tertiary/aromatic N) is 2. The van der Waals surface area contributed by atoms with Crippen LogP contribution in [0, 0.1) is 0 Å². The zero-order chi connectivity index (χ0) is 50.2. The molecule has 0 aromatic carbocycles. The highest BCUT2D eigenvalue weighted by molar-refractivity contribution is 5.89. The molecule has 2 N–H and O–H groups in total. The van der Waals surface area contributed by atoms with E-state index in [2.05, 4.69) is 82.9 Å². The molecule has 12 nitrogen and oxygen atoms in total. The number of carbonyl (C=O) groups excluding carboxylic acids is 4. The van der Waals surface area contributed by atoms with Gasteiger partial charge in [-0.3, -0.25) is 0 Å². The summed E-state index contributed by atoms with van der Waals surface area (Å²) in [5.41, 5.74) is 0. The second kappa shape index (κ2) is 46.4. The van der Waals surface area contributed by atoms with Gasteiger partial charge >= 0.3 is 24.1 Å². The minimum Gasteiger partial charge on any atom is -0.463 e. The maximum atomic E-state index is 13.8. The van der Waals surface area contributed by atoms with Crippen molar-refractivity contribution in [1.82, 2.24) is 20.4 Å². The fraction of sp³-hybridized carbons (Fsp3) is 0.793. The van der Waals surface area contributed by atoms with E-state index >= 15 is 0 Å². The maximum Gasteiger partial charge on any atom is 0.408 e. The van der Waals surface area contributed by atoms with E-state index in [1.807, 2.05) is 0 Å². The number of unbranched alkanes of at least 4 members (excludes halogenated alkanes) is 18. The summed E-state index contributed by atoms with van der Waals surface area (Å²) in [6, 6.07) is 0. The maximum absolute atomic E-state index is 13.8. The first-order valence-corrected chi connectivity index (χ1v) is 28.7. The average molecular weight is 983 g/mol. The molecule has 0 aliphatic carbocycles. The van der Waals surface area contributed by atoms with Crippen molar-refractivity contribution in [1.29, 1.82) is 0 Å². The fourth-order valence-corrected chi connectivity index (χ4v) is 8.82. The standard InChI is InChI=1S/C58H102N4O8/c1-3-5-7-9-11-13-15-17-19-21-23-25-27-29-31-39-51-67-55(63)53(69-57(65)59-43-41-49-61-45-35-33-36-46-61)54(70-58(66)60-44-42-50-62-47-37-34-38-48-62)56(64)68-52-40-32-30-28-26-24-22-20-18-16-14-12-10-8-6-4-2/h11-14,17-20,53-54H,3-10,15-16,21-52H2,1-2H3,(H,59,65)(H,60,66)/b13-11-,14-12-,19-17-,20-18-. The molecule has 2 heterocycles. The second-order valence-corrected chi connectivity index (χ2v) is 19.5. The van der Waals surface area contributed by atoms with Crippen molar-refractivity contribution in [2.24, 2.45) is 0 Å². The average Bonchev–Trinajstić information content (AvgIpc) is 3.37. The quantitative estimate of drug-likeness (QED) is 0.0263. The highest BCUT2D eigenvalue weighted by Crippen LogP contribution is 2.16. The third kappa shape index (κ3) is 36.3. The SMILES string of the molecule is CCCCC/C=C\C/C=C\CCCCCCCCOC(=O)C(OC(=O)NCCCN1CCCCC1)C(OC(=O)NCCCN1CCCCC1)C(=O)OCCCCCCCC/C=C\C/C=C\CCCCC. The predicted octanol–water partition coefficient (Wildman–Crippen LogP) is 13.6. The van der Waals surface area contributed by atoms with E-state index in [0.29, 0.717) is 38.8 Å². The Kier molecular flexibility index (Phi) is 41.4. The molecule has 2 atom stereocenters. The van der Waals surface area contributed by atoms with Crippen LogP contribution in [0.25, 0.3) is 0 Å². The predicted molar refractivity (Wildman–Crippen MR) is 287 cm³/mol. The summed E-state index contributed by atoms with van der Waals surface area (Å²) in [5, 5.41) is 5.47. The normalized spacial score (nSPS) is 15.7. The van der Waals surface area contributed by atoms with Crippen LogP contribution in [0.15, 0.2) is 48.6 Å². The van der Waals surface area contributed by atoms with Crippen molar-refractivity contribution < 1.29 is 38.1 Å². The van der Waals surface area contributed by atoms with Crippen molar-refractivity contribution in [3.8, 4) is 0 Å². The second-order valence-electron chi connectivity index (χ2n) is 19.5. The number of rotatable bonds is 43. The Morgan fingerprint density at radius 3 is 1.10 bits per heavy atom. The first-order valence-electron chi connectivity index (χ1n) is 28.7. The number of esters is 2. The molecule has 2 fully saturated rings. The summed E-state index contributed by atoms with van der Waals surface area (Å²) < 4.78 is 22.6. The van der Waals surface area contributed by atoms with Crippen LogP contribution in [0.5, 0.6) is 0 Å². The number of hydrogen-bond acceptors (Lipinski definition) is 10. The summed E-state index contributed by atoms with van der Waals surface area (Å²) in [7, 11) is 0. The molecule has 2 saturated heterocycles. The molecule has 0 bridgehead atoms. The van der Waals surface area contributed by atoms with Gasteiger partial charge in [0.15, 0.2) is 0 Å². The lowest BCUT2D eigenvalue weighted by atomic mass is 10.1. The molecule has 0 radical (unpaired) electrons. The van der Waals surface area contributed by atoms with Gasteiger partial charge in [0.05, 0.1) is 13.2 Å². The first kappa shape index (κ1) is 62.5. The lowest BCUT2D eigenvalue weighted by molar-refractivity contribution is -0.173. The Labute approximate surface area is 426 Å². The number of nitrogens with one attached hydrogen (secondary N) is 2. The number of likely N-dealkylation sites (tertiary alicyclic amines) is 2. The highest BCUT2D eigenvalue weighted by atomic mass is 16.6. The van der Waals surface area contributed by atoms with Crippen LogP contribution < -0.4 is 10.6 Å². The molecule has 0 saturated carbocycles. The Balaban J connectivity index is 1.92. The van der Waals surface area contributed by atoms with E-state index < -0.39 is 36.3 Å². The molecule has 12 heteroatoms. The summed E-state index contributed by atoms with van der Waals surface area (Å²) in [6.07, 6.45) is 47.1. The van der Waals surface area contributed by atoms with E-state index in [4.69, 9.17) is 18.9 Å². The molecule has 2 rings (SSSR count). The third-order valence-electron chi connectivity index (χ3n) is 13.1. The Morgan fingerprint density at radius 2 is 0.743 bits per heavy atom. The Hall–Kier alpha value is -3.64. The fourth-order valence-electron chi connectivity index (χ4n) is 8.82. The highest BCUT2D eigenvalue weighted by Gasteiger charge is 2.43. The number of carbonyl (C=O) groups is 4. The topological polar surface area (TPSA) is 136 Å². The number of piperidine rings is 2. The molecular formula is C58H102N4O8. The molecule has 2 aliphatic heterocycles. The molecule has 2 unspecified atom stereocenters. The van der Waals surface area contributed by atoms with E-state index in [0.717, 1.165) is 129 Å². The third-order valence-corrected chi connectivity index (χ3v) is 13.1. The minimum atomic E-state index is -1.84. The van der Waals surface area contributed by atoms with Gasteiger partial charge < -0.3 is 39.4 Å². The van der Waals surface area contributed by atoms with Gasteiger partial charge in [0.1, 0.15) is 0 Å². The van der Waals surface area contributed by atoms with Gasteiger partial charge in [0.2, 0.25) is 12.2 Å². The molecule has 402 valence electrons. The molecule has 2 amide bonds. The lowest BCUT2D eigenvalue weighted by Gasteiger charge is -2.27. The van der Waals surface area contributed by atoms with Gasteiger partial charge in [-0.1, -0.05) is 152 Å². The molecule has 0 aromatic heterocycles. The van der Waals surface area contributed by atoms with Crippen molar-refractivity contribution >= 4 is 24.1 Å². The van der Waals surface area contributed by atoms with E-state index in [1.54, 1.807) is 0 Å². The van der Waals surface area contributed by atoms with E-state index in [-0.39, 0.29) is 13.2 Å². The van der Waals surface area contributed by atoms with E-state index in [1.165, 1.54) is 89.9 Å². The smallest absolute Gasteiger partial charge is 0.408 e. The van der Waals surface area contributed by atoms with Crippen LogP contribution in [-0.4, -0.2) is 112 Å². The van der Waals surface area contributed by atoms with Crippen molar-refractivity contribution in [2.75, 3.05) is 65.6 Å². The van der Waals surface area contributed by atoms with Gasteiger partial charge in [-0.15, -0.1) is 0 Å². The first-order chi connectivity index (χ1) is 34.4. The summed E-state index contributed by atoms with van der Waals surface area (Å²) >= 11 is 0. The van der Waals surface area contributed by atoms with Gasteiger partial charge in [-0.2, -0.15) is 0 Å². The summed E-state index contributed by atoms with van der Waals surface area (Å²) in [6.45, 7) is 11.1. The van der Waals surface area contributed by atoms with Gasteiger partial charge in [-0.05, 0) is 155 Å². The van der Waals surface area contributed by atoms with Crippen molar-refractivity contribution in [3.05, 3.63) is 48.6 Å². The molecular weight excluding hydrogens is 881 g/mol. The number of alkyl carbamates (subject to hydrolysis) is 2. The molecule has 2 aliphatic rings. The van der Waals surface area contributed by atoms with Gasteiger partial charge in [-0.25, -0.2) is 19.2 Å². The van der Waals surface area contributed by atoms with E-state index in [9.17, 15) is 19.2 Å². The largest absolute Gasteiger partial charge is 0.463 e. The lowest BCUT2D eigenvalue weighted by Crippen LogP contribution is -2.50. The van der Waals surface area contributed by atoms with Crippen molar-refractivity contribution in [3.63, 3.8) is 0 Å². The van der Waals surface area contributed by atoms with Crippen LogP contribution >= 0.6 is 0 Å². The van der Waals surface area contributed by atoms with Gasteiger partial charge in [0.25, 0.3) is 0 Å². The summed E-state index contributed by atoms with van der Waals surface area (Å²) in [4.78, 5) is 58.9. The Bertz CT molecular complexity index is 1300. The molecule has 0 aromatic rings. The number of allylic oxidation sites excluding steroid dienone is 8. The number of hydrogen-bond donors (Lipinski definition) is 2. The zero-order valence-corrected chi connectivity index (χ0v) is 44.6. The Morgan fingerprint density at radius 1 is 0.414 bits per heavy atom. The monoisotopic (exact) mass is 983 g/mol. The molecule has 0 spiro atoms. The number of amides is 2. The minimum absolute atomic E-state index is 0.0855.